The van der Waals surface area contributed by atoms with Gasteiger partial charge in [-0.25, -0.2) is 9.37 Å². The van der Waals surface area contributed by atoms with Crippen molar-refractivity contribution in [3.8, 4) is 0 Å². The van der Waals surface area contributed by atoms with Gasteiger partial charge in [0.05, 0.1) is 5.69 Å². The summed E-state index contributed by atoms with van der Waals surface area (Å²) in [7, 11) is 0. The van der Waals surface area contributed by atoms with E-state index in [1.807, 2.05) is 11.0 Å². The summed E-state index contributed by atoms with van der Waals surface area (Å²) in [6.07, 6.45) is 7.75. The van der Waals surface area contributed by atoms with Crippen LogP contribution in [-0.4, -0.2) is 61.1 Å². The molecule has 3 aliphatic rings. The van der Waals surface area contributed by atoms with Crippen molar-refractivity contribution in [3.63, 3.8) is 0 Å². The summed E-state index contributed by atoms with van der Waals surface area (Å²) in [5.41, 5.74) is 1.89. The molecule has 1 saturated carbocycles. The van der Waals surface area contributed by atoms with Crippen molar-refractivity contribution >= 4 is 35.5 Å². The molecule has 0 unspecified atom stereocenters. The Bertz CT molecular complexity index is 1070. The quantitative estimate of drug-likeness (QED) is 0.498. The molecule has 35 heavy (non-hydrogen) atoms. The second-order valence-corrected chi connectivity index (χ2v) is 9.50. The zero-order valence-electron chi connectivity index (χ0n) is 19.8. The molecular formula is C25H32FN7O2. The monoisotopic (exact) mass is 481 g/mol. The molecule has 1 atom stereocenters. The molecule has 0 bridgehead atoms. The average molecular weight is 482 g/mol. The van der Waals surface area contributed by atoms with Gasteiger partial charge in [-0.1, -0.05) is 12.8 Å². The van der Waals surface area contributed by atoms with Gasteiger partial charge in [-0.15, -0.1) is 0 Å². The molecule has 2 aliphatic heterocycles. The summed E-state index contributed by atoms with van der Waals surface area (Å²) in [6.45, 7) is 3.85. The molecule has 1 aromatic heterocycles. The van der Waals surface area contributed by atoms with Crippen molar-refractivity contribution < 1.29 is 14.0 Å². The van der Waals surface area contributed by atoms with Crippen molar-refractivity contribution in [1.29, 1.82) is 0 Å². The largest absolute Gasteiger partial charge is 0.367 e. The van der Waals surface area contributed by atoms with Gasteiger partial charge in [0, 0.05) is 62.1 Å². The number of piperazine rings is 1. The third-order valence-corrected chi connectivity index (χ3v) is 7.21. The minimum atomic E-state index is -0.304. The smallest absolute Gasteiger partial charge is 0.229 e. The van der Waals surface area contributed by atoms with Gasteiger partial charge in [-0.05, 0) is 43.9 Å². The lowest BCUT2D eigenvalue weighted by Gasteiger charge is -2.29. The van der Waals surface area contributed by atoms with E-state index in [0.29, 0.717) is 36.1 Å². The number of anilines is 4. The van der Waals surface area contributed by atoms with Gasteiger partial charge in [0.15, 0.2) is 0 Å². The van der Waals surface area contributed by atoms with E-state index in [0.717, 1.165) is 70.3 Å². The van der Waals surface area contributed by atoms with Crippen molar-refractivity contribution in [2.75, 3.05) is 47.8 Å². The molecule has 186 valence electrons. The van der Waals surface area contributed by atoms with Gasteiger partial charge < -0.3 is 20.9 Å². The molecule has 2 saturated heterocycles. The van der Waals surface area contributed by atoms with Crippen molar-refractivity contribution in [2.45, 2.75) is 44.6 Å². The lowest BCUT2D eigenvalue weighted by molar-refractivity contribution is -0.122. The number of hydrogen-bond donors (Lipinski definition) is 3. The maximum absolute atomic E-state index is 14.9. The Morgan fingerprint density at radius 2 is 1.97 bits per heavy atom. The second-order valence-electron chi connectivity index (χ2n) is 9.50. The van der Waals surface area contributed by atoms with E-state index in [9.17, 15) is 14.0 Å². The van der Waals surface area contributed by atoms with Crippen LogP contribution in [0.15, 0.2) is 24.4 Å². The van der Waals surface area contributed by atoms with Crippen molar-refractivity contribution in [2.24, 2.45) is 5.92 Å². The van der Waals surface area contributed by atoms with Crippen LogP contribution in [0.25, 0.3) is 0 Å². The summed E-state index contributed by atoms with van der Waals surface area (Å²) >= 11 is 0. The number of halogens is 1. The van der Waals surface area contributed by atoms with E-state index in [1.54, 1.807) is 17.2 Å². The predicted molar refractivity (Wildman–Crippen MR) is 132 cm³/mol. The molecule has 2 aromatic rings. The number of carbonyl (C=O) groups excluding carboxylic acids is 2. The number of aromatic nitrogens is 2. The van der Waals surface area contributed by atoms with E-state index in [4.69, 9.17) is 4.98 Å². The van der Waals surface area contributed by atoms with Crippen LogP contribution in [0, 0.1) is 11.7 Å². The van der Waals surface area contributed by atoms with Crippen LogP contribution in [0.5, 0.6) is 0 Å². The van der Waals surface area contributed by atoms with E-state index < -0.39 is 0 Å². The highest BCUT2D eigenvalue weighted by molar-refractivity contribution is 5.82. The number of benzene rings is 1. The van der Waals surface area contributed by atoms with Gasteiger partial charge >= 0.3 is 0 Å². The Morgan fingerprint density at radius 3 is 2.66 bits per heavy atom. The fourth-order valence-electron chi connectivity index (χ4n) is 5.30. The van der Waals surface area contributed by atoms with Crippen LogP contribution in [0.1, 0.15) is 37.7 Å². The number of amides is 2. The summed E-state index contributed by atoms with van der Waals surface area (Å²) in [6, 6.07) is 5.12. The Balaban J connectivity index is 1.40. The first-order chi connectivity index (χ1) is 17.1. The topological polar surface area (TPSA) is 102 Å². The third kappa shape index (κ3) is 5.22. The Morgan fingerprint density at radius 1 is 1.17 bits per heavy atom. The fraction of sp³-hybridized carbons (Fsp3) is 0.520. The number of nitrogens with zero attached hydrogens (tertiary/aromatic N) is 4. The lowest BCUT2D eigenvalue weighted by Crippen LogP contribution is -2.43. The maximum Gasteiger partial charge on any atom is 0.229 e. The second kappa shape index (κ2) is 10.6. The molecule has 3 N–H and O–H groups in total. The molecule has 2 amide bonds. The van der Waals surface area contributed by atoms with Crippen LogP contribution < -0.4 is 25.8 Å². The Labute approximate surface area is 204 Å². The summed E-state index contributed by atoms with van der Waals surface area (Å²) in [5, 5.41) is 9.24. The van der Waals surface area contributed by atoms with Crippen LogP contribution in [0.2, 0.25) is 0 Å². The predicted octanol–water partition coefficient (Wildman–Crippen LogP) is 2.35. The van der Waals surface area contributed by atoms with Crippen molar-refractivity contribution in [3.05, 3.63) is 35.8 Å². The number of nitrogens with one attached hydrogen (secondary N) is 3. The van der Waals surface area contributed by atoms with E-state index >= 15 is 0 Å². The molecule has 5 rings (SSSR count). The molecule has 10 heteroatoms. The molecule has 3 heterocycles. The van der Waals surface area contributed by atoms with Gasteiger partial charge in [0.25, 0.3) is 0 Å². The van der Waals surface area contributed by atoms with E-state index in [1.165, 1.54) is 6.07 Å². The van der Waals surface area contributed by atoms with Crippen LogP contribution in [0.3, 0.4) is 0 Å². The van der Waals surface area contributed by atoms with Crippen LogP contribution >= 0.6 is 0 Å². The zero-order valence-corrected chi connectivity index (χ0v) is 19.8. The first-order valence-corrected chi connectivity index (χ1v) is 12.5. The normalized spacial score (nSPS) is 20.7. The summed E-state index contributed by atoms with van der Waals surface area (Å²) in [5.74, 6) is 0.388. The highest BCUT2D eigenvalue weighted by Crippen LogP contribution is 2.31. The van der Waals surface area contributed by atoms with Gasteiger partial charge in [-0.3, -0.25) is 14.5 Å². The molecular weight excluding hydrogens is 449 g/mol. The maximum atomic E-state index is 14.9. The van der Waals surface area contributed by atoms with Crippen molar-refractivity contribution in [1.82, 2.24) is 20.6 Å². The minimum absolute atomic E-state index is 0.0247. The lowest BCUT2D eigenvalue weighted by atomic mass is 9.99. The summed E-state index contributed by atoms with van der Waals surface area (Å²) < 4.78 is 14.9. The van der Waals surface area contributed by atoms with Gasteiger partial charge in [-0.2, -0.15) is 4.98 Å². The van der Waals surface area contributed by atoms with Gasteiger partial charge in [0.2, 0.25) is 18.3 Å². The molecule has 0 radical (unpaired) electrons. The number of hydrogen-bond acceptors (Lipinski definition) is 7. The minimum Gasteiger partial charge on any atom is -0.367 e. The summed E-state index contributed by atoms with van der Waals surface area (Å²) in [4.78, 5) is 37.2. The standard InChI is InChI=1S/C25H32FN7O2/c26-21-14-19(5-6-22(21)32-11-9-27-10-12-32)30-25-29-15-18(13-17-7-8-28-24(17)35)23(31-25)33(16-34)20-3-1-2-4-20/h5-6,14-17,20,27H,1-4,7-13H2,(H,28,35)(H,29,30,31)/t17-/m0/s1. The third-order valence-electron chi connectivity index (χ3n) is 7.21. The molecule has 3 fully saturated rings. The average Bonchev–Trinajstić information content (AvgIpc) is 3.54. The fourth-order valence-corrected chi connectivity index (χ4v) is 5.30. The van der Waals surface area contributed by atoms with E-state index in [2.05, 4.69) is 20.9 Å². The molecule has 0 spiro atoms. The zero-order chi connectivity index (χ0) is 24.2. The Hall–Kier alpha value is -3.27. The first-order valence-electron chi connectivity index (χ1n) is 12.5. The SMILES string of the molecule is O=CN(c1nc(Nc2ccc(N3CCNCC3)c(F)c2)ncc1C[C@@H]1CCNC1=O)C1CCCC1. The highest BCUT2D eigenvalue weighted by atomic mass is 19.1. The molecule has 9 nitrogen and oxygen atoms in total. The van der Waals surface area contributed by atoms with Crippen LogP contribution in [-0.2, 0) is 16.0 Å². The number of rotatable bonds is 8. The van der Waals surface area contributed by atoms with E-state index in [-0.39, 0.29) is 23.7 Å². The first kappa shape index (κ1) is 23.5. The Kier molecular flexibility index (Phi) is 7.08. The number of carbonyl (C=O) groups is 2. The molecule has 1 aliphatic carbocycles. The highest BCUT2D eigenvalue weighted by Gasteiger charge is 2.30. The van der Waals surface area contributed by atoms with Gasteiger partial charge in [0.1, 0.15) is 11.6 Å². The van der Waals surface area contributed by atoms with Crippen LogP contribution in [0.4, 0.5) is 27.5 Å². The molecule has 1 aromatic carbocycles.